The summed E-state index contributed by atoms with van der Waals surface area (Å²) in [4.78, 5) is 0. The van der Waals surface area contributed by atoms with Gasteiger partial charge in [0.05, 0.1) is 0 Å². The summed E-state index contributed by atoms with van der Waals surface area (Å²) >= 11 is 0. The number of aryl methyl sites for hydroxylation is 1. The van der Waals surface area contributed by atoms with E-state index < -0.39 is 0 Å². The molecule has 2 nitrogen and oxygen atoms in total. The zero-order valence-electron chi connectivity index (χ0n) is 16.8. The number of fused-ring (bicyclic) bond motifs is 1. The smallest absolute Gasteiger partial charge is 0.120 e. The maximum Gasteiger partial charge on any atom is 0.120 e. The average molecular weight is 350 g/mol. The first kappa shape index (κ1) is 18.6. The van der Waals surface area contributed by atoms with Crippen LogP contribution < -0.4 is 4.74 Å². The first-order chi connectivity index (χ1) is 12.3. The van der Waals surface area contributed by atoms with Gasteiger partial charge in [-0.05, 0) is 81.5 Å². The van der Waals surface area contributed by atoms with E-state index in [1.54, 1.807) is 0 Å². The Morgan fingerprint density at radius 2 is 1.65 bits per heavy atom. The predicted octanol–water partition coefficient (Wildman–Crippen LogP) is 6.92. The van der Waals surface area contributed by atoms with Gasteiger partial charge in [-0.25, -0.2) is 0 Å². The lowest BCUT2D eigenvalue weighted by Gasteiger charge is -2.21. The van der Waals surface area contributed by atoms with Crippen LogP contribution in [0.1, 0.15) is 47.5 Å². The molecule has 1 heterocycles. The van der Waals surface area contributed by atoms with Gasteiger partial charge in [0.2, 0.25) is 0 Å². The van der Waals surface area contributed by atoms with Gasteiger partial charge in [-0.2, -0.15) is 0 Å². The Morgan fingerprint density at radius 1 is 0.962 bits per heavy atom. The van der Waals surface area contributed by atoms with Crippen LogP contribution in [-0.2, 0) is 6.54 Å². The monoisotopic (exact) mass is 349 g/mol. The number of ether oxygens (including phenoxy) is 1. The Balaban J connectivity index is 1.93. The Morgan fingerprint density at radius 3 is 2.31 bits per heavy atom. The molecule has 0 fully saturated rings. The lowest BCUT2D eigenvalue weighted by atomic mass is 10.1. The fraction of sp³-hybridized carbons (Fsp3) is 0.417. The van der Waals surface area contributed by atoms with E-state index in [-0.39, 0.29) is 5.60 Å². The second-order valence-electron chi connectivity index (χ2n) is 8.51. The molecule has 0 amide bonds. The van der Waals surface area contributed by atoms with E-state index >= 15 is 0 Å². The first-order valence-electron chi connectivity index (χ1n) is 9.71. The summed E-state index contributed by atoms with van der Waals surface area (Å²) in [5, 5.41) is 1.31. The van der Waals surface area contributed by atoms with Crippen LogP contribution in [0, 0.1) is 5.92 Å². The number of hydrogen-bond donors (Lipinski definition) is 0. The van der Waals surface area contributed by atoms with Crippen molar-refractivity contribution in [1.82, 2.24) is 4.57 Å². The molecule has 0 unspecified atom stereocenters. The molecule has 1 aromatic heterocycles. The average Bonchev–Trinajstić information content (AvgIpc) is 2.93. The van der Waals surface area contributed by atoms with Gasteiger partial charge in [-0.3, -0.25) is 0 Å². The van der Waals surface area contributed by atoms with Crippen molar-refractivity contribution in [1.29, 1.82) is 0 Å². The Hall–Kier alpha value is -2.22. The van der Waals surface area contributed by atoms with E-state index in [1.165, 1.54) is 35.0 Å². The van der Waals surface area contributed by atoms with Crippen molar-refractivity contribution >= 4 is 10.9 Å². The Kier molecular flexibility index (Phi) is 5.41. The quantitative estimate of drug-likeness (QED) is 0.471. The zero-order chi connectivity index (χ0) is 18.7. The van der Waals surface area contributed by atoms with Crippen LogP contribution in [0.25, 0.3) is 22.2 Å². The molecule has 0 spiro atoms. The van der Waals surface area contributed by atoms with Crippen LogP contribution in [0.15, 0.2) is 54.6 Å². The van der Waals surface area contributed by atoms with Gasteiger partial charge in [0.25, 0.3) is 0 Å². The number of para-hydroxylation sites is 1. The minimum Gasteiger partial charge on any atom is -0.488 e. The molecule has 0 saturated heterocycles. The highest BCUT2D eigenvalue weighted by Crippen LogP contribution is 2.30. The molecule has 138 valence electrons. The summed E-state index contributed by atoms with van der Waals surface area (Å²) < 4.78 is 8.44. The fourth-order valence-corrected chi connectivity index (χ4v) is 3.40. The highest BCUT2D eigenvalue weighted by Gasteiger charge is 2.13. The third kappa shape index (κ3) is 4.49. The van der Waals surface area contributed by atoms with E-state index in [9.17, 15) is 0 Å². The topological polar surface area (TPSA) is 14.2 Å². The summed E-state index contributed by atoms with van der Waals surface area (Å²) in [6, 6.07) is 19.5. The lowest BCUT2D eigenvalue weighted by Crippen LogP contribution is -2.22. The van der Waals surface area contributed by atoms with E-state index in [1.807, 2.05) is 0 Å². The van der Waals surface area contributed by atoms with Crippen LogP contribution in [0.4, 0.5) is 0 Å². The maximum absolute atomic E-state index is 5.97. The molecule has 0 aliphatic rings. The molecule has 0 aliphatic heterocycles. The zero-order valence-corrected chi connectivity index (χ0v) is 16.8. The SMILES string of the molecule is CC(C)CCCn1c(-c2ccc(OC(C)(C)C)cc2)cc2ccccc21. The predicted molar refractivity (Wildman–Crippen MR) is 112 cm³/mol. The van der Waals surface area contributed by atoms with E-state index in [4.69, 9.17) is 4.74 Å². The highest BCUT2D eigenvalue weighted by molar-refractivity contribution is 5.87. The summed E-state index contributed by atoms with van der Waals surface area (Å²) in [6.45, 7) is 11.9. The van der Waals surface area contributed by atoms with Crippen molar-refractivity contribution in [2.75, 3.05) is 0 Å². The van der Waals surface area contributed by atoms with Gasteiger partial charge in [0.1, 0.15) is 11.4 Å². The van der Waals surface area contributed by atoms with Crippen molar-refractivity contribution in [3.8, 4) is 17.0 Å². The largest absolute Gasteiger partial charge is 0.488 e. The molecule has 0 bridgehead atoms. The minimum absolute atomic E-state index is 0.173. The van der Waals surface area contributed by atoms with Crippen LogP contribution in [0.3, 0.4) is 0 Å². The molecule has 0 atom stereocenters. The molecule has 3 rings (SSSR count). The standard InChI is InChI=1S/C24H31NO/c1-18(2)9-8-16-25-22-11-7-6-10-20(22)17-23(25)19-12-14-21(15-13-19)26-24(3,4)5/h6-7,10-15,17-18H,8-9,16H2,1-5H3. The van der Waals surface area contributed by atoms with Crippen molar-refractivity contribution < 1.29 is 4.74 Å². The number of hydrogen-bond acceptors (Lipinski definition) is 1. The van der Waals surface area contributed by atoms with Crippen molar-refractivity contribution in [3.05, 3.63) is 54.6 Å². The minimum atomic E-state index is -0.173. The molecule has 3 aromatic rings. The molecule has 0 radical (unpaired) electrons. The summed E-state index contributed by atoms with van der Waals surface area (Å²) in [5.41, 5.74) is 3.68. The third-order valence-electron chi connectivity index (χ3n) is 4.55. The van der Waals surface area contributed by atoms with Crippen LogP contribution in [0.2, 0.25) is 0 Å². The lowest BCUT2D eigenvalue weighted by molar-refractivity contribution is 0.131. The van der Waals surface area contributed by atoms with Crippen molar-refractivity contribution in [3.63, 3.8) is 0 Å². The van der Waals surface area contributed by atoms with Gasteiger partial charge >= 0.3 is 0 Å². The third-order valence-corrected chi connectivity index (χ3v) is 4.55. The second kappa shape index (κ2) is 7.57. The van der Waals surface area contributed by atoms with Crippen LogP contribution in [0.5, 0.6) is 5.75 Å². The molecular weight excluding hydrogens is 318 g/mol. The maximum atomic E-state index is 5.97. The van der Waals surface area contributed by atoms with Crippen molar-refractivity contribution in [2.24, 2.45) is 5.92 Å². The molecule has 26 heavy (non-hydrogen) atoms. The van der Waals surface area contributed by atoms with Gasteiger partial charge in [-0.15, -0.1) is 0 Å². The summed E-state index contributed by atoms with van der Waals surface area (Å²) in [5.74, 6) is 1.66. The first-order valence-corrected chi connectivity index (χ1v) is 9.71. The van der Waals surface area contributed by atoms with Gasteiger partial charge in [0.15, 0.2) is 0 Å². The summed E-state index contributed by atoms with van der Waals surface area (Å²) in [6.07, 6.45) is 2.46. The van der Waals surface area contributed by atoms with Crippen LogP contribution in [-0.4, -0.2) is 10.2 Å². The highest BCUT2D eigenvalue weighted by atomic mass is 16.5. The molecule has 2 aromatic carbocycles. The van der Waals surface area contributed by atoms with E-state index in [2.05, 4.69) is 93.8 Å². The van der Waals surface area contributed by atoms with Gasteiger partial charge < -0.3 is 9.30 Å². The van der Waals surface area contributed by atoms with Gasteiger partial charge in [0, 0.05) is 23.1 Å². The number of benzene rings is 2. The normalized spacial score (nSPS) is 12.1. The van der Waals surface area contributed by atoms with E-state index in [0.717, 1.165) is 18.2 Å². The molecule has 0 saturated carbocycles. The fourth-order valence-electron chi connectivity index (χ4n) is 3.40. The van der Waals surface area contributed by atoms with Crippen LogP contribution >= 0.6 is 0 Å². The molecule has 0 N–H and O–H groups in total. The molecular formula is C24H31NO. The van der Waals surface area contributed by atoms with Gasteiger partial charge in [-0.1, -0.05) is 32.0 Å². The Labute approximate surface area is 157 Å². The molecule has 0 aliphatic carbocycles. The van der Waals surface area contributed by atoms with E-state index in [0.29, 0.717) is 0 Å². The number of nitrogens with zero attached hydrogens (tertiary/aromatic N) is 1. The summed E-state index contributed by atoms with van der Waals surface area (Å²) in [7, 11) is 0. The second-order valence-corrected chi connectivity index (χ2v) is 8.51. The number of rotatable bonds is 6. The Bertz CT molecular complexity index is 850. The van der Waals surface area contributed by atoms with Crippen molar-refractivity contribution in [2.45, 2.75) is 59.6 Å². The molecule has 2 heteroatoms. The number of aromatic nitrogens is 1.